The Morgan fingerprint density at radius 2 is 1.48 bits per heavy atom. The first-order chi connectivity index (χ1) is 13.7. The highest BCUT2D eigenvalue weighted by Gasteiger charge is 2.24. The zero-order valence-electron chi connectivity index (χ0n) is 16.2. The molecule has 0 aromatic rings. The SMILES string of the molecule is C=C/C=C(\C=C)CNCCCCC(NC(=O)NC(CCC(=O)O)C(=O)O)C(=O)O. The minimum atomic E-state index is -1.42. The van der Waals surface area contributed by atoms with Gasteiger partial charge in [-0.05, 0) is 37.8 Å². The van der Waals surface area contributed by atoms with Gasteiger partial charge in [0, 0.05) is 13.0 Å². The number of amides is 2. The largest absolute Gasteiger partial charge is 0.481 e. The molecule has 162 valence electrons. The molecule has 0 aliphatic heterocycles. The highest BCUT2D eigenvalue weighted by Crippen LogP contribution is 2.03. The number of carbonyl (C=O) groups excluding carboxylic acids is 1. The van der Waals surface area contributed by atoms with E-state index in [4.69, 9.17) is 10.2 Å². The van der Waals surface area contributed by atoms with Crippen LogP contribution < -0.4 is 16.0 Å². The predicted molar refractivity (Wildman–Crippen MR) is 107 cm³/mol. The predicted octanol–water partition coefficient (Wildman–Crippen LogP) is 1.12. The molecule has 0 spiro atoms. The highest BCUT2D eigenvalue weighted by molar-refractivity contribution is 5.86. The fourth-order valence-corrected chi connectivity index (χ4v) is 2.32. The first-order valence-corrected chi connectivity index (χ1v) is 9.10. The molecule has 2 amide bonds. The number of unbranched alkanes of at least 4 members (excludes halogenated alkanes) is 1. The standard InChI is InChI=1S/C19H29N3O7/c1-3-7-13(4-2)12-20-11-6-5-8-14(17(25)26)21-19(29)22-15(18(27)28)9-10-16(23)24/h3-4,7,14-15,20H,1-2,5-6,8-12H2,(H,23,24)(H,25,26)(H,27,28)(H2,21,22,29)/b13-7+. The second-order valence-corrected chi connectivity index (χ2v) is 6.19. The zero-order chi connectivity index (χ0) is 22.2. The Balaban J connectivity index is 4.37. The number of hydrogen-bond donors (Lipinski definition) is 6. The van der Waals surface area contributed by atoms with Crippen molar-refractivity contribution in [3.05, 3.63) is 37.0 Å². The van der Waals surface area contributed by atoms with Crippen LogP contribution in [0.3, 0.4) is 0 Å². The van der Waals surface area contributed by atoms with Crippen molar-refractivity contribution in [1.82, 2.24) is 16.0 Å². The van der Waals surface area contributed by atoms with Gasteiger partial charge in [0.1, 0.15) is 12.1 Å². The van der Waals surface area contributed by atoms with Crippen LogP contribution in [0.5, 0.6) is 0 Å². The lowest BCUT2D eigenvalue weighted by Gasteiger charge is -2.18. The van der Waals surface area contributed by atoms with Gasteiger partial charge in [0.25, 0.3) is 0 Å². The summed E-state index contributed by atoms with van der Waals surface area (Å²) in [6, 6.07) is -3.58. The molecule has 0 aromatic carbocycles. The number of rotatable bonds is 16. The summed E-state index contributed by atoms with van der Waals surface area (Å²) in [6.07, 6.45) is 5.78. The quantitative estimate of drug-likeness (QED) is 0.162. The van der Waals surface area contributed by atoms with Crippen LogP contribution in [0.25, 0.3) is 0 Å². The fourth-order valence-electron chi connectivity index (χ4n) is 2.32. The van der Waals surface area contributed by atoms with Crippen LogP contribution in [-0.4, -0.2) is 64.4 Å². The third kappa shape index (κ3) is 12.8. The molecule has 0 fully saturated rings. The molecule has 0 saturated carbocycles. The van der Waals surface area contributed by atoms with Gasteiger partial charge in [-0.25, -0.2) is 14.4 Å². The number of aliphatic carboxylic acids is 3. The van der Waals surface area contributed by atoms with Crippen LogP contribution in [-0.2, 0) is 14.4 Å². The van der Waals surface area contributed by atoms with Gasteiger partial charge in [-0.15, -0.1) is 0 Å². The van der Waals surface area contributed by atoms with Crippen molar-refractivity contribution in [3.8, 4) is 0 Å². The molecule has 0 aromatic heterocycles. The molecule has 2 unspecified atom stereocenters. The number of carboxylic acids is 3. The Hall–Kier alpha value is -3.14. The van der Waals surface area contributed by atoms with E-state index in [2.05, 4.69) is 29.1 Å². The summed E-state index contributed by atoms with van der Waals surface area (Å²) in [7, 11) is 0. The summed E-state index contributed by atoms with van der Waals surface area (Å²) in [5, 5.41) is 34.3. The Bertz CT molecular complexity index is 631. The summed E-state index contributed by atoms with van der Waals surface area (Å²) in [4.78, 5) is 44.8. The lowest BCUT2D eigenvalue weighted by Crippen LogP contribution is -2.51. The summed E-state index contributed by atoms with van der Waals surface area (Å²) < 4.78 is 0. The van der Waals surface area contributed by atoms with Gasteiger partial charge in [-0.2, -0.15) is 0 Å². The van der Waals surface area contributed by atoms with E-state index in [9.17, 15) is 24.3 Å². The number of urea groups is 1. The maximum Gasteiger partial charge on any atom is 0.326 e. The number of allylic oxidation sites excluding steroid dienone is 2. The molecular weight excluding hydrogens is 382 g/mol. The molecule has 10 nitrogen and oxygen atoms in total. The van der Waals surface area contributed by atoms with Crippen LogP contribution >= 0.6 is 0 Å². The molecule has 0 rings (SSSR count). The van der Waals surface area contributed by atoms with Gasteiger partial charge in [0.15, 0.2) is 0 Å². The van der Waals surface area contributed by atoms with E-state index < -0.39 is 42.4 Å². The van der Waals surface area contributed by atoms with Crippen molar-refractivity contribution < 1.29 is 34.5 Å². The minimum absolute atomic E-state index is 0.161. The lowest BCUT2D eigenvalue weighted by molar-refractivity contribution is -0.140. The first-order valence-electron chi connectivity index (χ1n) is 9.10. The molecule has 2 atom stereocenters. The highest BCUT2D eigenvalue weighted by atomic mass is 16.4. The van der Waals surface area contributed by atoms with Crippen LogP contribution in [0, 0.1) is 0 Å². The molecule has 0 saturated heterocycles. The summed E-state index contributed by atoms with van der Waals surface area (Å²) >= 11 is 0. The average molecular weight is 411 g/mol. The second-order valence-electron chi connectivity index (χ2n) is 6.19. The molecule has 29 heavy (non-hydrogen) atoms. The fraction of sp³-hybridized carbons (Fsp3) is 0.474. The number of carbonyl (C=O) groups is 4. The molecule has 0 bridgehead atoms. The van der Waals surface area contributed by atoms with Gasteiger partial charge >= 0.3 is 23.9 Å². The third-order valence-corrected chi connectivity index (χ3v) is 3.87. The number of nitrogens with one attached hydrogen (secondary N) is 3. The van der Waals surface area contributed by atoms with Crippen LogP contribution in [0.4, 0.5) is 4.79 Å². The first kappa shape index (κ1) is 25.9. The van der Waals surface area contributed by atoms with Crippen molar-refractivity contribution in [2.45, 2.75) is 44.2 Å². The number of carboxylic acid groups (broad SMARTS) is 3. The van der Waals surface area contributed by atoms with E-state index in [1.807, 2.05) is 6.08 Å². The van der Waals surface area contributed by atoms with Gasteiger partial charge < -0.3 is 31.3 Å². The van der Waals surface area contributed by atoms with E-state index in [-0.39, 0.29) is 12.8 Å². The summed E-state index contributed by atoms with van der Waals surface area (Å²) in [5.41, 5.74) is 0.970. The van der Waals surface area contributed by atoms with E-state index in [0.29, 0.717) is 25.9 Å². The molecule has 6 N–H and O–H groups in total. The van der Waals surface area contributed by atoms with Crippen molar-refractivity contribution in [1.29, 1.82) is 0 Å². The lowest BCUT2D eigenvalue weighted by atomic mass is 10.1. The van der Waals surface area contributed by atoms with Crippen LogP contribution in [0.15, 0.2) is 37.0 Å². The van der Waals surface area contributed by atoms with Crippen LogP contribution in [0.2, 0.25) is 0 Å². The van der Waals surface area contributed by atoms with Crippen molar-refractivity contribution >= 4 is 23.9 Å². The Morgan fingerprint density at radius 1 is 0.897 bits per heavy atom. The molecular formula is C19H29N3O7. The second kappa shape index (κ2) is 14.9. The Kier molecular flexibility index (Phi) is 13.3. The monoisotopic (exact) mass is 411 g/mol. The maximum atomic E-state index is 11.9. The maximum absolute atomic E-state index is 11.9. The van der Waals surface area contributed by atoms with E-state index >= 15 is 0 Å². The Morgan fingerprint density at radius 3 is 1.97 bits per heavy atom. The summed E-state index contributed by atoms with van der Waals surface area (Å²) in [6.45, 7) is 8.53. The molecule has 0 aliphatic rings. The average Bonchev–Trinajstić information content (AvgIpc) is 2.65. The molecule has 10 heteroatoms. The van der Waals surface area contributed by atoms with E-state index in [0.717, 1.165) is 5.57 Å². The van der Waals surface area contributed by atoms with Crippen molar-refractivity contribution in [2.75, 3.05) is 13.1 Å². The number of hydrogen-bond acceptors (Lipinski definition) is 5. The molecule has 0 aliphatic carbocycles. The smallest absolute Gasteiger partial charge is 0.326 e. The topological polar surface area (TPSA) is 165 Å². The minimum Gasteiger partial charge on any atom is -0.481 e. The van der Waals surface area contributed by atoms with Crippen molar-refractivity contribution in [3.63, 3.8) is 0 Å². The molecule has 0 radical (unpaired) electrons. The Labute approximate surface area is 169 Å². The van der Waals surface area contributed by atoms with Gasteiger partial charge in [0.05, 0.1) is 0 Å². The van der Waals surface area contributed by atoms with Crippen molar-refractivity contribution in [2.24, 2.45) is 0 Å². The van der Waals surface area contributed by atoms with E-state index in [1.54, 1.807) is 12.2 Å². The van der Waals surface area contributed by atoms with Crippen LogP contribution in [0.1, 0.15) is 32.1 Å². The van der Waals surface area contributed by atoms with E-state index in [1.165, 1.54) is 0 Å². The summed E-state index contributed by atoms with van der Waals surface area (Å²) in [5.74, 6) is -3.84. The normalized spacial score (nSPS) is 13.0. The third-order valence-electron chi connectivity index (χ3n) is 3.87. The van der Waals surface area contributed by atoms with Gasteiger partial charge in [-0.1, -0.05) is 31.4 Å². The zero-order valence-corrected chi connectivity index (χ0v) is 16.2. The molecule has 0 heterocycles. The van der Waals surface area contributed by atoms with Gasteiger partial charge in [-0.3, -0.25) is 4.79 Å². The van der Waals surface area contributed by atoms with Gasteiger partial charge in [0.2, 0.25) is 0 Å².